The van der Waals surface area contributed by atoms with Crippen molar-refractivity contribution in [2.75, 3.05) is 0 Å². The summed E-state index contributed by atoms with van der Waals surface area (Å²) in [5.41, 5.74) is 0. The Bertz CT molecular complexity index is 444. The Morgan fingerprint density at radius 3 is 2.47 bits per heavy atom. The van der Waals surface area contributed by atoms with Crippen molar-refractivity contribution in [3.8, 4) is 6.07 Å². The van der Waals surface area contributed by atoms with Crippen molar-refractivity contribution < 1.29 is 8.42 Å². The Balaban J connectivity index is 2.51. The van der Waals surface area contributed by atoms with E-state index in [-0.39, 0.29) is 5.92 Å². The summed E-state index contributed by atoms with van der Waals surface area (Å²) in [4.78, 5) is 0. The van der Waals surface area contributed by atoms with Gasteiger partial charge in [-0.05, 0) is 32.6 Å². The number of rotatable bonds is 2. The van der Waals surface area contributed by atoms with Crippen LogP contribution in [0, 0.1) is 23.2 Å². The number of sulfone groups is 1. The molecular weight excluding hydrogens is 210 g/mol. The molecule has 2 aliphatic rings. The van der Waals surface area contributed by atoms with Gasteiger partial charge >= 0.3 is 0 Å². The van der Waals surface area contributed by atoms with E-state index in [0.29, 0.717) is 12.3 Å². The summed E-state index contributed by atoms with van der Waals surface area (Å²) < 4.78 is 23.3. The van der Waals surface area contributed by atoms with Crippen molar-refractivity contribution in [2.45, 2.75) is 36.7 Å². The van der Waals surface area contributed by atoms with Crippen LogP contribution in [0.2, 0.25) is 0 Å². The third-order valence-corrected chi connectivity index (χ3v) is 6.47. The molecule has 0 radical (unpaired) electrons. The molecule has 0 aromatic rings. The second kappa shape index (κ2) is 3.08. The monoisotopic (exact) mass is 225 g/mol. The zero-order valence-electron chi connectivity index (χ0n) is 8.97. The highest BCUT2D eigenvalue weighted by Crippen LogP contribution is 2.51. The van der Waals surface area contributed by atoms with E-state index in [1.807, 2.05) is 6.08 Å². The number of nitrogens with zero attached hydrogens (tertiary/aromatic N) is 1. The van der Waals surface area contributed by atoms with Crippen LogP contribution in [0.1, 0.15) is 26.7 Å². The van der Waals surface area contributed by atoms with Gasteiger partial charge in [0.15, 0.2) is 14.6 Å². The van der Waals surface area contributed by atoms with E-state index in [9.17, 15) is 13.7 Å². The molecule has 0 amide bonds. The zero-order valence-corrected chi connectivity index (χ0v) is 9.79. The van der Waals surface area contributed by atoms with Gasteiger partial charge in [-0.2, -0.15) is 5.26 Å². The van der Waals surface area contributed by atoms with E-state index in [2.05, 4.69) is 12.1 Å². The fraction of sp³-hybridized carbons (Fsp3) is 0.727. The third kappa shape index (κ3) is 1.19. The van der Waals surface area contributed by atoms with Crippen molar-refractivity contribution in [1.29, 1.82) is 5.26 Å². The van der Waals surface area contributed by atoms with E-state index in [1.165, 1.54) is 0 Å². The maximum absolute atomic E-state index is 12.2. The van der Waals surface area contributed by atoms with Crippen LogP contribution in [0.3, 0.4) is 0 Å². The van der Waals surface area contributed by atoms with Crippen LogP contribution in [0.25, 0.3) is 0 Å². The number of nitriles is 1. The Kier molecular flexibility index (Phi) is 2.20. The van der Waals surface area contributed by atoms with Crippen molar-refractivity contribution >= 4 is 9.84 Å². The van der Waals surface area contributed by atoms with Gasteiger partial charge in [0, 0.05) is 5.92 Å². The lowest BCUT2D eigenvalue weighted by molar-refractivity contribution is 0.510. The summed E-state index contributed by atoms with van der Waals surface area (Å²) in [6, 6.07) is 2.09. The first-order valence-electron chi connectivity index (χ1n) is 5.27. The average Bonchev–Trinajstić information content (AvgIpc) is 2.76. The minimum atomic E-state index is -3.33. The lowest BCUT2D eigenvalue weighted by atomic mass is 9.94. The fourth-order valence-corrected chi connectivity index (χ4v) is 4.76. The molecule has 0 aromatic carbocycles. The molecule has 0 aliphatic heterocycles. The molecule has 1 saturated carbocycles. The van der Waals surface area contributed by atoms with Crippen molar-refractivity contribution in [3.63, 3.8) is 0 Å². The molecule has 0 aromatic heterocycles. The Labute approximate surface area is 90.7 Å². The van der Waals surface area contributed by atoms with Crippen LogP contribution < -0.4 is 0 Å². The highest BCUT2D eigenvalue weighted by Gasteiger charge is 2.58. The van der Waals surface area contributed by atoms with Crippen LogP contribution in [0.4, 0.5) is 0 Å². The number of hydrogen-bond acceptors (Lipinski definition) is 3. The van der Waals surface area contributed by atoms with Gasteiger partial charge in [-0.3, -0.25) is 0 Å². The summed E-state index contributed by atoms with van der Waals surface area (Å²) in [5, 5.41) is 8.79. The van der Waals surface area contributed by atoms with E-state index in [0.717, 1.165) is 6.42 Å². The minimum Gasteiger partial charge on any atom is -0.227 e. The van der Waals surface area contributed by atoms with Gasteiger partial charge in [0.05, 0.1) is 11.3 Å². The molecule has 15 heavy (non-hydrogen) atoms. The Morgan fingerprint density at radius 2 is 2.13 bits per heavy atom. The van der Waals surface area contributed by atoms with Crippen LogP contribution in [-0.4, -0.2) is 18.4 Å². The topological polar surface area (TPSA) is 57.9 Å². The summed E-state index contributed by atoms with van der Waals surface area (Å²) in [7, 11) is -3.33. The molecule has 4 heteroatoms. The summed E-state index contributed by atoms with van der Waals surface area (Å²) in [6.45, 7) is 3.31. The molecular formula is C11H15NO2S. The first-order valence-corrected chi connectivity index (χ1v) is 6.81. The molecule has 3 unspecified atom stereocenters. The molecule has 3 nitrogen and oxygen atoms in total. The normalized spacial score (nSPS) is 38.5. The largest absolute Gasteiger partial charge is 0.227 e. The summed E-state index contributed by atoms with van der Waals surface area (Å²) in [5.74, 6) is 0.211. The first kappa shape index (κ1) is 10.7. The van der Waals surface area contributed by atoms with Crippen LogP contribution in [0.5, 0.6) is 0 Å². The fourth-order valence-electron chi connectivity index (χ4n) is 2.75. The van der Waals surface area contributed by atoms with E-state index >= 15 is 0 Å². The minimum absolute atomic E-state index is 0.0834. The highest BCUT2D eigenvalue weighted by molar-refractivity contribution is 7.93. The molecule has 3 atom stereocenters. The maximum atomic E-state index is 12.2. The van der Waals surface area contributed by atoms with Crippen molar-refractivity contribution in [1.82, 2.24) is 0 Å². The van der Waals surface area contributed by atoms with E-state index in [4.69, 9.17) is 0 Å². The van der Waals surface area contributed by atoms with Crippen LogP contribution in [0.15, 0.2) is 12.2 Å². The lowest BCUT2D eigenvalue weighted by Crippen LogP contribution is -2.44. The van der Waals surface area contributed by atoms with Gasteiger partial charge in [0.25, 0.3) is 0 Å². The third-order valence-electron chi connectivity index (χ3n) is 3.65. The molecule has 0 N–H and O–H groups in total. The molecule has 1 fully saturated rings. The second-order valence-electron chi connectivity index (χ2n) is 4.79. The quantitative estimate of drug-likeness (QED) is 0.672. The van der Waals surface area contributed by atoms with Gasteiger partial charge < -0.3 is 0 Å². The average molecular weight is 225 g/mol. The predicted molar refractivity (Wildman–Crippen MR) is 57.8 cm³/mol. The van der Waals surface area contributed by atoms with E-state index < -0.39 is 19.8 Å². The van der Waals surface area contributed by atoms with Gasteiger partial charge in [0.2, 0.25) is 0 Å². The van der Waals surface area contributed by atoms with Gasteiger partial charge in [0.1, 0.15) is 0 Å². The van der Waals surface area contributed by atoms with E-state index in [1.54, 1.807) is 13.8 Å². The molecule has 2 bridgehead atoms. The Hall–Kier alpha value is -0.820. The van der Waals surface area contributed by atoms with Gasteiger partial charge in [-0.1, -0.05) is 12.2 Å². The first-order chi connectivity index (χ1) is 6.94. The standard InChI is InChI=1S/C11H15NO2S/c1-8(2)15(13,14)11(7-12)6-9-3-4-10(11)5-9/h3-4,8-10H,5-6H2,1-2H3. The number of hydrogen-bond donors (Lipinski definition) is 0. The smallest absolute Gasteiger partial charge is 0.172 e. The highest BCUT2D eigenvalue weighted by atomic mass is 32.2. The van der Waals surface area contributed by atoms with Gasteiger partial charge in [-0.25, -0.2) is 8.42 Å². The summed E-state index contributed by atoms with van der Waals surface area (Å²) in [6.07, 6.45) is 5.29. The van der Waals surface area contributed by atoms with Crippen LogP contribution >= 0.6 is 0 Å². The van der Waals surface area contributed by atoms with Crippen LogP contribution in [-0.2, 0) is 9.84 Å². The number of fused-ring (bicyclic) bond motifs is 2. The molecule has 82 valence electrons. The van der Waals surface area contributed by atoms with Gasteiger partial charge in [-0.15, -0.1) is 0 Å². The predicted octanol–water partition coefficient (Wildman–Crippen LogP) is 1.67. The molecule has 0 spiro atoms. The lowest BCUT2D eigenvalue weighted by Gasteiger charge is -2.29. The van der Waals surface area contributed by atoms with Crippen molar-refractivity contribution in [2.24, 2.45) is 11.8 Å². The SMILES string of the molecule is CC(C)S(=O)(=O)C1(C#N)CC2C=CC1C2. The second-order valence-corrected chi connectivity index (χ2v) is 7.55. The molecule has 2 rings (SSSR count). The zero-order chi connectivity index (χ0) is 11.3. The number of allylic oxidation sites excluding steroid dienone is 2. The van der Waals surface area contributed by atoms with Crippen molar-refractivity contribution in [3.05, 3.63) is 12.2 Å². The molecule has 0 saturated heterocycles. The maximum Gasteiger partial charge on any atom is 0.172 e. The Morgan fingerprint density at radius 1 is 1.47 bits per heavy atom. The molecule has 0 heterocycles. The summed E-state index contributed by atoms with van der Waals surface area (Å²) >= 11 is 0. The molecule has 2 aliphatic carbocycles.